The number of hydrogen-bond acceptors (Lipinski definition) is 9. The van der Waals surface area contributed by atoms with Crippen molar-refractivity contribution in [2.45, 2.75) is 6.92 Å². The number of ether oxygens (including phenoxy) is 1. The third-order valence-electron chi connectivity index (χ3n) is 5.70. The van der Waals surface area contributed by atoms with Gasteiger partial charge in [-0.25, -0.2) is 24.5 Å². The van der Waals surface area contributed by atoms with Crippen LogP contribution in [0.2, 0.25) is 0 Å². The molecular weight excluding hydrogens is 482 g/mol. The summed E-state index contributed by atoms with van der Waals surface area (Å²) in [4.78, 5) is 33.2. The van der Waals surface area contributed by atoms with Gasteiger partial charge in [0.2, 0.25) is 5.88 Å². The zero-order valence-electron chi connectivity index (χ0n) is 21.4. The molecule has 0 saturated carbocycles. The van der Waals surface area contributed by atoms with Crippen LogP contribution in [0.5, 0.6) is 11.6 Å². The van der Waals surface area contributed by atoms with Crippen molar-refractivity contribution in [3.63, 3.8) is 0 Å². The van der Waals surface area contributed by atoms with Crippen LogP contribution >= 0.6 is 0 Å². The Hall–Kier alpha value is -5.08. The van der Waals surface area contributed by atoms with E-state index in [1.807, 2.05) is 62.3 Å². The summed E-state index contributed by atoms with van der Waals surface area (Å²) < 4.78 is 7.54. The second-order valence-corrected chi connectivity index (χ2v) is 8.82. The first-order valence-electron chi connectivity index (χ1n) is 11.7. The third kappa shape index (κ3) is 5.35. The first kappa shape index (κ1) is 24.6. The minimum absolute atomic E-state index is 0.290. The number of aromatic nitrogens is 6. The molecule has 38 heavy (non-hydrogen) atoms. The lowest BCUT2D eigenvalue weighted by molar-refractivity contribution is -0.113. The van der Waals surface area contributed by atoms with E-state index >= 15 is 0 Å². The van der Waals surface area contributed by atoms with Crippen LogP contribution in [0.15, 0.2) is 61.4 Å². The zero-order chi connectivity index (χ0) is 26.6. The van der Waals surface area contributed by atoms with Crippen LogP contribution in [-0.2, 0) is 4.79 Å². The monoisotopic (exact) mass is 507 g/mol. The van der Waals surface area contributed by atoms with Crippen molar-refractivity contribution in [3.8, 4) is 23.5 Å². The first-order valence-corrected chi connectivity index (χ1v) is 11.7. The van der Waals surface area contributed by atoms with E-state index in [2.05, 4.69) is 42.2 Å². The predicted molar refractivity (Wildman–Crippen MR) is 145 cm³/mol. The molecule has 0 aliphatic rings. The summed E-state index contributed by atoms with van der Waals surface area (Å²) in [5, 5.41) is 8.17. The largest absolute Gasteiger partial charge is 0.439 e. The lowest BCUT2D eigenvalue weighted by Gasteiger charge is -2.16. The molecule has 1 amide bonds. The lowest BCUT2D eigenvalue weighted by Crippen LogP contribution is -2.24. The average molecular weight is 508 g/mol. The van der Waals surface area contributed by atoms with Crippen LogP contribution in [0, 0.1) is 18.8 Å². The molecular formula is C27H25N9O2. The summed E-state index contributed by atoms with van der Waals surface area (Å²) in [5.74, 6) is 6.96. The van der Waals surface area contributed by atoms with Crippen molar-refractivity contribution in [1.82, 2.24) is 34.4 Å². The fraction of sp³-hybridized carbons (Fsp3) is 0.185. The second-order valence-electron chi connectivity index (χ2n) is 8.82. The lowest BCUT2D eigenvalue weighted by atomic mass is 10.1. The number of anilines is 3. The van der Waals surface area contributed by atoms with Gasteiger partial charge in [0.15, 0.2) is 5.65 Å². The van der Waals surface area contributed by atoms with Crippen molar-refractivity contribution in [3.05, 3.63) is 67.0 Å². The third-order valence-corrected chi connectivity index (χ3v) is 5.70. The molecule has 0 atom stereocenters. The van der Waals surface area contributed by atoms with Crippen LogP contribution in [-0.4, -0.2) is 68.0 Å². The minimum Gasteiger partial charge on any atom is -0.439 e. The van der Waals surface area contributed by atoms with Crippen molar-refractivity contribution < 1.29 is 9.53 Å². The van der Waals surface area contributed by atoms with Gasteiger partial charge in [-0.3, -0.25) is 9.69 Å². The van der Waals surface area contributed by atoms with Crippen molar-refractivity contribution >= 4 is 39.6 Å². The first-order chi connectivity index (χ1) is 18.4. The van der Waals surface area contributed by atoms with Gasteiger partial charge in [-0.1, -0.05) is 5.92 Å². The predicted octanol–water partition coefficient (Wildman–Crippen LogP) is 3.44. The Labute approximate surface area is 219 Å². The molecule has 0 aliphatic carbocycles. The van der Waals surface area contributed by atoms with Crippen molar-refractivity contribution in [2.24, 2.45) is 0 Å². The van der Waals surface area contributed by atoms with Crippen molar-refractivity contribution in [2.75, 3.05) is 37.9 Å². The summed E-state index contributed by atoms with van der Waals surface area (Å²) >= 11 is 0. The number of aryl methyl sites for hydroxylation is 1. The Morgan fingerprint density at radius 1 is 1.03 bits per heavy atom. The summed E-state index contributed by atoms with van der Waals surface area (Å²) in [6.45, 7) is 2.46. The molecule has 0 fully saturated rings. The average Bonchev–Trinajstić information content (AvgIpc) is 3.37. The number of carbonyl (C=O) groups excluding carboxylic acids is 1. The Balaban J connectivity index is 1.36. The maximum atomic E-state index is 12.6. The molecule has 0 spiro atoms. The van der Waals surface area contributed by atoms with Crippen LogP contribution in [0.4, 0.5) is 17.2 Å². The minimum atomic E-state index is -0.290. The van der Waals surface area contributed by atoms with Crippen LogP contribution < -0.4 is 15.0 Å². The normalized spacial score (nSPS) is 10.9. The smallest absolute Gasteiger partial charge is 0.302 e. The molecule has 190 valence electrons. The van der Waals surface area contributed by atoms with E-state index in [-0.39, 0.29) is 5.91 Å². The van der Waals surface area contributed by atoms with E-state index < -0.39 is 0 Å². The van der Waals surface area contributed by atoms with Crippen LogP contribution in [0.25, 0.3) is 16.6 Å². The van der Waals surface area contributed by atoms with E-state index in [4.69, 9.17) is 4.74 Å². The molecule has 0 aliphatic heterocycles. The standard InChI is InChI=1S/C27H25N9O2/c1-18-12-19(7-10-23(18)38-25-14-24-29-16-32-36(24)17-31-25)33-27-21-13-20(8-9-22(21)28-15-30-27)35(4)26(37)6-5-11-34(2)3/h7-10,12-17H,11H2,1-4H3,(H,28,30,33). The molecule has 0 saturated heterocycles. The van der Waals surface area contributed by atoms with E-state index in [1.54, 1.807) is 24.0 Å². The molecule has 3 aromatic heterocycles. The SMILES string of the molecule is Cc1cc(Nc2ncnc3ccc(N(C)C(=O)C#CCN(C)C)cc23)ccc1Oc1cc2ncnn2cn1. The topological polar surface area (TPSA) is 114 Å². The molecule has 0 radical (unpaired) electrons. The summed E-state index contributed by atoms with van der Waals surface area (Å²) in [7, 11) is 5.50. The van der Waals surface area contributed by atoms with Crippen LogP contribution in [0.1, 0.15) is 5.56 Å². The highest BCUT2D eigenvalue weighted by Crippen LogP contribution is 2.30. The molecule has 1 N–H and O–H groups in total. The summed E-state index contributed by atoms with van der Waals surface area (Å²) in [6.07, 6.45) is 4.52. The van der Waals surface area contributed by atoms with Gasteiger partial charge >= 0.3 is 5.91 Å². The molecule has 5 aromatic rings. The second kappa shape index (κ2) is 10.5. The number of amides is 1. The molecule has 3 heterocycles. The van der Waals surface area contributed by atoms with Gasteiger partial charge < -0.3 is 15.0 Å². The van der Waals surface area contributed by atoms with Gasteiger partial charge in [0, 0.05) is 29.9 Å². The quantitative estimate of drug-likeness (QED) is 0.345. The number of fused-ring (bicyclic) bond motifs is 2. The zero-order valence-corrected chi connectivity index (χ0v) is 21.4. The van der Waals surface area contributed by atoms with E-state index in [9.17, 15) is 4.79 Å². The summed E-state index contributed by atoms with van der Waals surface area (Å²) in [6, 6.07) is 13.0. The van der Waals surface area contributed by atoms with Gasteiger partial charge in [-0.05, 0) is 68.9 Å². The number of benzene rings is 2. The summed E-state index contributed by atoms with van der Waals surface area (Å²) in [5.41, 5.74) is 3.81. The molecule has 11 nitrogen and oxygen atoms in total. The van der Waals surface area contributed by atoms with E-state index in [0.717, 1.165) is 22.2 Å². The Bertz CT molecular complexity index is 1700. The van der Waals surface area contributed by atoms with Gasteiger partial charge in [-0.15, -0.1) is 0 Å². The number of nitrogens with zero attached hydrogens (tertiary/aromatic N) is 8. The number of nitrogens with one attached hydrogen (secondary N) is 1. The molecule has 2 aromatic carbocycles. The molecule has 0 unspecified atom stereocenters. The van der Waals surface area contributed by atoms with Gasteiger partial charge in [0.05, 0.1) is 12.1 Å². The number of rotatable bonds is 6. The highest BCUT2D eigenvalue weighted by Gasteiger charge is 2.13. The highest BCUT2D eigenvalue weighted by molar-refractivity contribution is 6.06. The number of hydrogen-bond donors (Lipinski definition) is 1. The Kier molecular flexibility index (Phi) is 6.80. The highest BCUT2D eigenvalue weighted by atomic mass is 16.5. The van der Waals surface area contributed by atoms with Crippen molar-refractivity contribution in [1.29, 1.82) is 0 Å². The fourth-order valence-corrected chi connectivity index (χ4v) is 3.68. The molecule has 5 rings (SSSR count). The van der Waals surface area contributed by atoms with Gasteiger partial charge in [0.25, 0.3) is 0 Å². The molecule has 0 bridgehead atoms. The van der Waals surface area contributed by atoms with E-state index in [1.165, 1.54) is 17.6 Å². The van der Waals surface area contributed by atoms with Gasteiger partial charge in [-0.2, -0.15) is 5.10 Å². The number of carbonyl (C=O) groups is 1. The van der Waals surface area contributed by atoms with Crippen LogP contribution in [0.3, 0.4) is 0 Å². The Morgan fingerprint density at radius 3 is 2.71 bits per heavy atom. The maximum absolute atomic E-state index is 12.6. The Morgan fingerprint density at radius 2 is 1.89 bits per heavy atom. The van der Waals surface area contributed by atoms with E-state index in [0.29, 0.717) is 35.3 Å². The fourth-order valence-electron chi connectivity index (χ4n) is 3.68. The maximum Gasteiger partial charge on any atom is 0.302 e. The molecule has 11 heteroatoms. The van der Waals surface area contributed by atoms with Gasteiger partial charge in [0.1, 0.15) is 30.5 Å².